The standard InChI is InChI=1S/C25H36N4O3/c1-4-26-25(29(3)15-11-20-12-16-30-17-13-20)28-19-21-10-14-27-24(18-21)32-23-8-6-22(7-9-23)31-5-2/h6-10,14,18,20H,4-5,11-13,15-17,19H2,1-3H3,(H,26,28). The maximum atomic E-state index is 5.91. The van der Waals surface area contributed by atoms with Crippen LogP contribution < -0.4 is 14.8 Å². The molecule has 32 heavy (non-hydrogen) atoms. The summed E-state index contributed by atoms with van der Waals surface area (Å²) < 4.78 is 16.9. The van der Waals surface area contributed by atoms with Crippen LogP contribution in [-0.2, 0) is 11.3 Å². The van der Waals surface area contributed by atoms with Crippen molar-refractivity contribution < 1.29 is 14.2 Å². The molecule has 1 aliphatic heterocycles. The lowest BCUT2D eigenvalue weighted by molar-refractivity contribution is 0.0625. The molecule has 174 valence electrons. The second kappa shape index (κ2) is 12.9. The average Bonchev–Trinajstić information content (AvgIpc) is 2.82. The van der Waals surface area contributed by atoms with Crippen LogP contribution >= 0.6 is 0 Å². The number of ether oxygens (including phenoxy) is 3. The molecule has 0 saturated carbocycles. The fraction of sp³-hybridized carbons (Fsp3) is 0.520. The Labute approximate surface area is 191 Å². The van der Waals surface area contributed by atoms with E-state index in [-0.39, 0.29) is 0 Å². The third-order valence-corrected chi connectivity index (χ3v) is 5.48. The Morgan fingerprint density at radius 1 is 1.16 bits per heavy atom. The summed E-state index contributed by atoms with van der Waals surface area (Å²) in [5.74, 6) is 3.78. The van der Waals surface area contributed by atoms with Gasteiger partial charge in [-0.3, -0.25) is 0 Å². The van der Waals surface area contributed by atoms with E-state index in [4.69, 9.17) is 19.2 Å². The van der Waals surface area contributed by atoms with Crippen molar-refractivity contribution in [1.82, 2.24) is 15.2 Å². The summed E-state index contributed by atoms with van der Waals surface area (Å²) in [4.78, 5) is 11.4. The molecule has 1 saturated heterocycles. The Kier molecular flexibility index (Phi) is 9.62. The van der Waals surface area contributed by atoms with E-state index >= 15 is 0 Å². The molecule has 2 heterocycles. The maximum absolute atomic E-state index is 5.91. The summed E-state index contributed by atoms with van der Waals surface area (Å²) in [7, 11) is 2.10. The van der Waals surface area contributed by atoms with Crippen LogP contribution in [0.3, 0.4) is 0 Å². The molecule has 1 aromatic heterocycles. The minimum Gasteiger partial charge on any atom is -0.494 e. The lowest BCUT2D eigenvalue weighted by Crippen LogP contribution is -2.40. The number of aliphatic imine (C=N–C) groups is 1. The number of rotatable bonds is 10. The van der Waals surface area contributed by atoms with E-state index in [9.17, 15) is 0 Å². The van der Waals surface area contributed by atoms with E-state index in [0.29, 0.717) is 19.0 Å². The second-order valence-corrected chi connectivity index (χ2v) is 7.94. The monoisotopic (exact) mass is 440 g/mol. The molecule has 0 bridgehead atoms. The number of hydrogen-bond donors (Lipinski definition) is 1. The second-order valence-electron chi connectivity index (χ2n) is 7.94. The van der Waals surface area contributed by atoms with Crippen LogP contribution in [0, 0.1) is 5.92 Å². The number of hydrogen-bond acceptors (Lipinski definition) is 5. The number of nitrogens with zero attached hydrogens (tertiary/aromatic N) is 3. The number of aromatic nitrogens is 1. The highest BCUT2D eigenvalue weighted by Crippen LogP contribution is 2.23. The Morgan fingerprint density at radius 2 is 1.91 bits per heavy atom. The lowest BCUT2D eigenvalue weighted by atomic mass is 9.96. The Balaban J connectivity index is 1.57. The third-order valence-electron chi connectivity index (χ3n) is 5.48. The smallest absolute Gasteiger partial charge is 0.219 e. The van der Waals surface area contributed by atoms with Crippen molar-refractivity contribution in [2.24, 2.45) is 10.9 Å². The van der Waals surface area contributed by atoms with Crippen molar-refractivity contribution in [3.8, 4) is 17.4 Å². The van der Waals surface area contributed by atoms with Crippen molar-refractivity contribution >= 4 is 5.96 Å². The number of benzene rings is 1. The first kappa shape index (κ1) is 23.9. The first-order chi connectivity index (χ1) is 15.7. The van der Waals surface area contributed by atoms with Crippen LogP contribution in [-0.4, -0.2) is 55.8 Å². The van der Waals surface area contributed by atoms with Crippen LogP contribution in [0.2, 0.25) is 0 Å². The molecule has 7 nitrogen and oxygen atoms in total. The zero-order chi connectivity index (χ0) is 22.6. The van der Waals surface area contributed by atoms with E-state index in [0.717, 1.165) is 68.1 Å². The Hall–Kier alpha value is -2.80. The van der Waals surface area contributed by atoms with Gasteiger partial charge in [-0.05, 0) is 74.9 Å². The van der Waals surface area contributed by atoms with Gasteiger partial charge >= 0.3 is 0 Å². The molecule has 0 radical (unpaired) electrons. The largest absolute Gasteiger partial charge is 0.494 e. The fourth-order valence-corrected chi connectivity index (χ4v) is 3.65. The van der Waals surface area contributed by atoms with Crippen LogP contribution in [0.25, 0.3) is 0 Å². The van der Waals surface area contributed by atoms with E-state index in [2.05, 4.69) is 29.2 Å². The van der Waals surface area contributed by atoms with Gasteiger partial charge in [0.15, 0.2) is 5.96 Å². The van der Waals surface area contributed by atoms with Gasteiger partial charge in [0, 0.05) is 45.6 Å². The molecule has 0 aliphatic carbocycles. The van der Waals surface area contributed by atoms with Gasteiger partial charge in [0.1, 0.15) is 11.5 Å². The topological polar surface area (TPSA) is 68.2 Å². The third kappa shape index (κ3) is 7.71. The van der Waals surface area contributed by atoms with Crippen LogP contribution in [0.15, 0.2) is 47.6 Å². The zero-order valence-electron chi connectivity index (χ0n) is 19.5. The quantitative estimate of drug-likeness (QED) is 0.434. The van der Waals surface area contributed by atoms with E-state index in [1.807, 2.05) is 43.3 Å². The van der Waals surface area contributed by atoms with Gasteiger partial charge in [-0.2, -0.15) is 0 Å². The average molecular weight is 441 g/mol. The molecule has 1 fully saturated rings. The van der Waals surface area contributed by atoms with Gasteiger partial charge in [-0.1, -0.05) is 0 Å². The maximum Gasteiger partial charge on any atom is 0.219 e. The first-order valence-corrected chi connectivity index (χ1v) is 11.6. The summed E-state index contributed by atoms with van der Waals surface area (Å²) in [6.45, 7) is 8.87. The Morgan fingerprint density at radius 3 is 2.62 bits per heavy atom. The minimum absolute atomic E-state index is 0.555. The highest BCUT2D eigenvalue weighted by Gasteiger charge is 2.15. The summed E-state index contributed by atoms with van der Waals surface area (Å²) >= 11 is 0. The van der Waals surface area contributed by atoms with Crippen molar-refractivity contribution in [2.45, 2.75) is 39.7 Å². The number of guanidine groups is 1. The molecule has 0 spiro atoms. The minimum atomic E-state index is 0.555. The summed E-state index contributed by atoms with van der Waals surface area (Å²) in [6.07, 6.45) is 5.25. The van der Waals surface area contributed by atoms with Gasteiger partial charge < -0.3 is 24.4 Å². The molecule has 7 heteroatoms. The molecule has 1 aromatic carbocycles. The van der Waals surface area contributed by atoms with Gasteiger partial charge in [-0.25, -0.2) is 9.98 Å². The van der Waals surface area contributed by atoms with Crippen LogP contribution in [0.1, 0.15) is 38.7 Å². The van der Waals surface area contributed by atoms with Gasteiger partial charge in [0.05, 0.1) is 13.2 Å². The van der Waals surface area contributed by atoms with Crippen molar-refractivity contribution in [3.63, 3.8) is 0 Å². The van der Waals surface area contributed by atoms with Crippen LogP contribution in [0.5, 0.6) is 17.4 Å². The van der Waals surface area contributed by atoms with Gasteiger partial charge in [0.2, 0.25) is 5.88 Å². The summed E-state index contributed by atoms with van der Waals surface area (Å²) in [6, 6.07) is 11.5. The van der Waals surface area contributed by atoms with E-state index < -0.39 is 0 Å². The predicted molar refractivity (Wildman–Crippen MR) is 128 cm³/mol. The molecule has 2 aromatic rings. The Bertz CT molecular complexity index is 835. The first-order valence-electron chi connectivity index (χ1n) is 11.6. The fourth-order valence-electron chi connectivity index (χ4n) is 3.65. The summed E-state index contributed by atoms with van der Waals surface area (Å²) in [5, 5.41) is 3.40. The van der Waals surface area contributed by atoms with E-state index in [1.165, 1.54) is 6.42 Å². The van der Waals surface area contributed by atoms with Crippen molar-refractivity contribution in [1.29, 1.82) is 0 Å². The van der Waals surface area contributed by atoms with E-state index in [1.54, 1.807) is 6.20 Å². The SMILES string of the molecule is CCNC(=NCc1ccnc(Oc2ccc(OCC)cc2)c1)N(C)CCC1CCOCC1. The van der Waals surface area contributed by atoms with Crippen molar-refractivity contribution in [2.75, 3.05) is 40.0 Å². The molecular formula is C25H36N4O3. The van der Waals surface area contributed by atoms with Crippen molar-refractivity contribution in [3.05, 3.63) is 48.2 Å². The predicted octanol–water partition coefficient (Wildman–Crippen LogP) is 4.49. The molecule has 1 N–H and O–H groups in total. The highest BCUT2D eigenvalue weighted by atomic mass is 16.5. The lowest BCUT2D eigenvalue weighted by Gasteiger charge is -2.26. The molecule has 0 unspecified atom stereocenters. The molecule has 0 amide bonds. The number of pyridine rings is 1. The normalized spacial score (nSPS) is 14.8. The van der Waals surface area contributed by atoms with Gasteiger partial charge in [0.25, 0.3) is 0 Å². The molecule has 1 aliphatic rings. The number of nitrogens with one attached hydrogen (secondary N) is 1. The highest BCUT2D eigenvalue weighted by molar-refractivity contribution is 5.79. The molecular weight excluding hydrogens is 404 g/mol. The zero-order valence-corrected chi connectivity index (χ0v) is 19.5. The molecule has 0 atom stereocenters. The molecule has 3 rings (SSSR count). The van der Waals surface area contributed by atoms with Crippen LogP contribution in [0.4, 0.5) is 0 Å². The summed E-state index contributed by atoms with van der Waals surface area (Å²) in [5.41, 5.74) is 1.05. The van der Waals surface area contributed by atoms with Gasteiger partial charge in [-0.15, -0.1) is 0 Å².